The van der Waals surface area contributed by atoms with E-state index in [2.05, 4.69) is 10.3 Å². The van der Waals surface area contributed by atoms with Crippen molar-refractivity contribution in [3.8, 4) is 5.75 Å². The molecule has 0 aliphatic heterocycles. The lowest BCUT2D eigenvalue weighted by Crippen LogP contribution is -2.26. The van der Waals surface area contributed by atoms with E-state index in [0.29, 0.717) is 30.9 Å². The van der Waals surface area contributed by atoms with E-state index in [1.54, 1.807) is 6.07 Å². The van der Waals surface area contributed by atoms with Gasteiger partial charge in [0.05, 0.1) is 17.9 Å². The van der Waals surface area contributed by atoms with E-state index in [4.69, 9.17) is 4.74 Å². The Morgan fingerprint density at radius 1 is 1.29 bits per heavy atom. The maximum Gasteiger partial charge on any atom is 0.255 e. The van der Waals surface area contributed by atoms with E-state index < -0.39 is 0 Å². The third kappa shape index (κ3) is 3.56. The second-order valence-electron chi connectivity index (χ2n) is 5.64. The topological polar surface area (TPSA) is 55.6 Å². The number of pyridine rings is 1. The summed E-state index contributed by atoms with van der Waals surface area (Å²) in [5.41, 5.74) is 3.63. The number of benzene rings is 1. The number of carbonyl (C=O) groups is 1. The zero-order chi connectivity index (χ0) is 16.9. The first kappa shape index (κ1) is 16.1. The van der Waals surface area contributed by atoms with Crippen molar-refractivity contribution in [1.82, 2.24) is 14.7 Å². The Bertz CT molecular complexity index is 855. The van der Waals surface area contributed by atoms with Crippen LogP contribution in [-0.2, 0) is 6.42 Å². The lowest BCUT2D eigenvalue weighted by molar-refractivity contribution is 0.0950. The smallest absolute Gasteiger partial charge is 0.255 e. The summed E-state index contributed by atoms with van der Waals surface area (Å²) < 4.78 is 7.49. The predicted octanol–water partition coefficient (Wildman–Crippen LogP) is 3.01. The van der Waals surface area contributed by atoms with E-state index in [-0.39, 0.29) is 5.91 Å². The van der Waals surface area contributed by atoms with Crippen LogP contribution < -0.4 is 10.1 Å². The monoisotopic (exact) mass is 323 g/mol. The number of hydrogen-bond acceptors (Lipinski definition) is 3. The number of nitrogens with one attached hydrogen (secondary N) is 1. The fourth-order valence-corrected chi connectivity index (χ4v) is 2.59. The first-order valence-electron chi connectivity index (χ1n) is 8.11. The van der Waals surface area contributed by atoms with E-state index >= 15 is 0 Å². The van der Waals surface area contributed by atoms with Crippen LogP contribution in [-0.4, -0.2) is 28.4 Å². The normalized spacial score (nSPS) is 10.8. The number of nitrogens with zero attached hydrogens (tertiary/aromatic N) is 2. The zero-order valence-electron chi connectivity index (χ0n) is 14.0. The Morgan fingerprint density at radius 2 is 2.12 bits per heavy atom. The van der Waals surface area contributed by atoms with Crippen molar-refractivity contribution in [3.63, 3.8) is 0 Å². The molecule has 0 aliphatic carbocycles. The van der Waals surface area contributed by atoms with Gasteiger partial charge < -0.3 is 14.5 Å². The maximum absolute atomic E-state index is 12.3. The number of aryl methyl sites for hydroxylation is 1. The van der Waals surface area contributed by atoms with Gasteiger partial charge >= 0.3 is 0 Å². The summed E-state index contributed by atoms with van der Waals surface area (Å²) in [5, 5.41) is 2.93. The number of imidazole rings is 1. The molecule has 0 saturated heterocycles. The number of carbonyl (C=O) groups excluding carboxylic acids is 1. The van der Waals surface area contributed by atoms with Crippen LogP contribution in [0.25, 0.3) is 5.65 Å². The summed E-state index contributed by atoms with van der Waals surface area (Å²) in [6, 6.07) is 11.4. The first-order chi connectivity index (χ1) is 11.7. The molecular weight excluding hydrogens is 302 g/mol. The summed E-state index contributed by atoms with van der Waals surface area (Å²) >= 11 is 0. The highest BCUT2D eigenvalue weighted by molar-refractivity contribution is 5.96. The molecular formula is C19H21N3O2. The molecule has 0 spiro atoms. The average molecular weight is 323 g/mol. The van der Waals surface area contributed by atoms with Gasteiger partial charge in [-0.05, 0) is 43.7 Å². The Balaban J connectivity index is 1.62. The number of amides is 1. The highest BCUT2D eigenvalue weighted by atomic mass is 16.5. The average Bonchev–Trinajstić information content (AvgIpc) is 2.97. The molecule has 3 aromatic rings. The zero-order valence-corrected chi connectivity index (χ0v) is 14.0. The van der Waals surface area contributed by atoms with Crippen LogP contribution in [0, 0.1) is 6.92 Å². The molecule has 1 amide bonds. The summed E-state index contributed by atoms with van der Waals surface area (Å²) in [5.74, 6) is 0.486. The number of ether oxygens (including phenoxy) is 1. The molecule has 0 saturated carbocycles. The quantitative estimate of drug-likeness (QED) is 0.758. The van der Waals surface area contributed by atoms with Gasteiger partial charge in [0.2, 0.25) is 0 Å². The standard InChI is InChI=1S/C19H21N3O2/c1-3-24-17-7-5-4-6-16(17)19(23)20-10-8-15-13-22-11-9-14(2)12-18(22)21-15/h4-7,9,11-13H,3,8,10H2,1-2H3,(H,20,23). The minimum Gasteiger partial charge on any atom is -0.493 e. The molecule has 5 heteroatoms. The molecule has 0 fully saturated rings. The molecule has 0 radical (unpaired) electrons. The van der Waals surface area contributed by atoms with Gasteiger partial charge in [0.1, 0.15) is 11.4 Å². The Kier molecular flexibility index (Phi) is 4.79. The van der Waals surface area contributed by atoms with Crippen molar-refractivity contribution in [2.24, 2.45) is 0 Å². The van der Waals surface area contributed by atoms with Gasteiger partial charge in [-0.15, -0.1) is 0 Å². The molecule has 2 aromatic heterocycles. The SMILES string of the molecule is CCOc1ccccc1C(=O)NCCc1cn2ccc(C)cc2n1. The van der Waals surface area contributed by atoms with Crippen molar-refractivity contribution in [3.05, 3.63) is 65.6 Å². The van der Waals surface area contributed by atoms with Gasteiger partial charge in [-0.3, -0.25) is 4.79 Å². The predicted molar refractivity (Wildman–Crippen MR) is 93.6 cm³/mol. The molecule has 1 N–H and O–H groups in total. The van der Waals surface area contributed by atoms with Crippen molar-refractivity contribution >= 4 is 11.6 Å². The van der Waals surface area contributed by atoms with E-state index in [0.717, 1.165) is 11.3 Å². The molecule has 2 heterocycles. The molecule has 24 heavy (non-hydrogen) atoms. The number of hydrogen-bond donors (Lipinski definition) is 1. The summed E-state index contributed by atoms with van der Waals surface area (Å²) in [7, 11) is 0. The van der Waals surface area contributed by atoms with Crippen molar-refractivity contribution in [1.29, 1.82) is 0 Å². The van der Waals surface area contributed by atoms with Crippen LogP contribution in [0.3, 0.4) is 0 Å². The molecule has 0 atom stereocenters. The Hall–Kier alpha value is -2.82. The first-order valence-corrected chi connectivity index (χ1v) is 8.11. The van der Waals surface area contributed by atoms with Crippen LogP contribution in [0.15, 0.2) is 48.8 Å². The van der Waals surface area contributed by atoms with Crippen LogP contribution in [0.5, 0.6) is 5.75 Å². The largest absolute Gasteiger partial charge is 0.493 e. The van der Waals surface area contributed by atoms with Crippen molar-refractivity contribution < 1.29 is 9.53 Å². The van der Waals surface area contributed by atoms with Gasteiger partial charge in [0.15, 0.2) is 0 Å². The Morgan fingerprint density at radius 3 is 2.96 bits per heavy atom. The second-order valence-corrected chi connectivity index (χ2v) is 5.64. The van der Waals surface area contributed by atoms with Gasteiger partial charge in [-0.2, -0.15) is 0 Å². The lowest BCUT2D eigenvalue weighted by atomic mass is 10.2. The van der Waals surface area contributed by atoms with Crippen LogP contribution in [0.2, 0.25) is 0 Å². The van der Waals surface area contributed by atoms with Gasteiger partial charge in [-0.25, -0.2) is 4.98 Å². The number of para-hydroxylation sites is 1. The highest BCUT2D eigenvalue weighted by Gasteiger charge is 2.11. The van der Waals surface area contributed by atoms with Crippen LogP contribution in [0.4, 0.5) is 0 Å². The highest BCUT2D eigenvalue weighted by Crippen LogP contribution is 2.17. The summed E-state index contributed by atoms with van der Waals surface area (Å²) in [6.45, 7) is 5.01. The van der Waals surface area contributed by atoms with Crippen LogP contribution >= 0.6 is 0 Å². The minimum absolute atomic E-state index is 0.126. The van der Waals surface area contributed by atoms with Gasteiger partial charge in [0.25, 0.3) is 5.91 Å². The number of aromatic nitrogens is 2. The summed E-state index contributed by atoms with van der Waals surface area (Å²) in [6.07, 6.45) is 4.68. The molecule has 0 bridgehead atoms. The lowest BCUT2D eigenvalue weighted by Gasteiger charge is -2.09. The van der Waals surface area contributed by atoms with Gasteiger partial charge in [0, 0.05) is 25.4 Å². The fraction of sp³-hybridized carbons (Fsp3) is 0.263. The van der Waals surface area contributed by atoms with Crippen molar-refractivity contribution in [2.45, 2.75) is 20.3 Å². The number of rotatable bonds is 6. The third-order valence-electron chi connectivity index (χ3n) is 3.76. The van der Waals surface area contributed by atoms with Gasteiger partial charge in [-0.1, -0.05) is 12.1 Å². The Labute approximate surface area is 141 Å². The van der Waals surface area contributed by atoms with E-state index in [1.807, 2.05) is 61.0 Å². The molecule has 3 rings (SSSR count). The summed E-state index contributed by atoms with van der Waals surface area (Å²) in [4.78, 5) is 16.9. The van der Waals surface area contributed by atoms with Crippen LogP contribution in [0.1, 0.15) is 28.5 Å². The minimum atomic E-state index is -0.126. The maximum atomic E-state index is 12.3. The fourth-order valence-electron chi connectivity index (χ4n) is 2.59. The second kappa shape index (κ2) is 7.17. The molecule has 1 aromatic carbocycles. The number of fused-ring (bicyclic) bond motifs is 1. The molecule has 5 nitrogen and oxygen atoms in total. The van der Waals surface area contributed by atoms with E-state index in [1.165, 1.54) is 5.56 Å². The van der Waals surface area contributed by atoms with E-state index in [9.17, 15) is 4.79 Å². The molecule has 124 valence electrons. The molecule has 0 unspecified atom stereocenters. The van der Waals surface area contributed by atoms with Crippen molar-refractivity contribution in [2.75, 3.05) is 13.2 Å². The molecule has 0 aliphatic rings. The third-order valence-corrected chi connectivity index (χ3v) is 3.76.